The number of halogens is 1. The lowest BCUT2D eigenvalue weighted by Crippen LogP contribution is -2.05. The highest BCUT2D eigenvalue weighted by Crippen LogP contribution is 2.33. The lowest BCUT2D eigenvalue weighted by atomic mass is 10.1. The maximum absolute atomic E-state index is 9.37. The fourth-order valence-corrected chi connectivity index (χ4v) is 2.66. The minimum Gasteiger partial charge on any atom is -0.495 e. The summed E-state index contributed by atoms with van der Waals surface area (Å²) < 4.78 is 8.02. The van der Waals surface area contributed by atoms with Gasteiger partial charge in [-0.3, -0.25) is 4.57 Å². The molecule has 1 heterocycles. The van der Waals surface area contributed by atoms with Crippen molar-refractivity contribution in [1.29, 1.82) is 5.26 Å². The van der Waals surface area contributed by atoms with E-state index in [0.717, 1.165) is 15.5 Å². The number of nitrogens with zero attached hydrogens (tertiary/aromatic N) is 3. The van der Waals surface area contributed by atoms with E-state index in [9.17, 15) is 5.26 Å². The van der Waals surface area contributed by atoms with Gasteiger partial charge in [0.25, 0.3) is 0 Å². The van der Waals surface area contributed by atoms with Crippen LogP contribution in [0.2, 0.25) is 0 Å². The standard InChI is InChI=1S/C15H11BrN4O/c1-21-13-4-2-3-9(8-17)14(13)20-12-7-10(16)5-6-11(12)19-15(20)18/h2-7H,1H3,(H2,18,19). The number of anilines is 1. The van der Waals surface area contributed by atoms with Crippen LogP contribution in [0.5, 0.6) is 5.75 Å². The van der Waals surface area contributed by atoms with Crippen LogP contribution < -0.4 is 10.5 Å². The fourth-order valence-electron chi connectivity index (χ4n) is 2.31. The molecule has 0 aliphatic heterocycles. The normalized spacial score (nSPS) is 10.5. The SMILES string of the molecule is COc1cccc(C#N)c1-n1c(N)nc2ccc(Br)cc21. The molecule has 2 aromatic carbocycles. The Morgan fingerprint density at radius 2 is 2.14 bits per heavy atom. The zero-order valence-corrected chi connectivity index (χ0v) is 12.8. The largest absolute Gasteiger partial charge is 0.495 e. The van der Waals surface area contributed by atoms with Crippen molar-refractivity contribution in [3.8, 4) is 17.5 Å². The molecule has 0 bridgehead atoms. The number of ether oxygens (including phenoxy) is 1. The number of benzene rings is 2. The lowest BCUT2D eigenvalue weighted by Gasteiger charge is -2.13. The number of nitrogens with two attached hydrogens (primary N) is 1. The number of aromatic nitrogens is 2. The van der Waals surface area contributed by atoms with Crippen LogP contribution in [-0.2, 0) is 0 Å². The zero-order chi connectivity index (χ0) is 15.0. The Morgan fingerprint density at radius 1 is 1.33 bits per heavy atom. The van der Waals surface area contributed by atoms with Gasteiger partial charge >= 0.3 is 0 Å². The summed E-state index contributed by atoms with van der Waals surface area (Å²) in [6.45, 7) is 0. The van der Waals surface area contributed by atoms with Gasteiger partial charge in [0.2, 0.25) is 5.95 Å². The average Bonchev–Trinajstić information content (AvgIpc) is 2.81. The predicted octanol–water partition coefficient (Wildman–Crippen LogP) is 3.25. The number of methoxy groups -OCH3 is 1. The molecule has 0 atom stereocenters. The molecule has 5 nitrogen and oxygen atoms in total. The number of hydrogen-bond acceptors (Lipinski definition) is 4. The Hall–Kier alpha value is -2.52. The third kappa shape index (κ3) is 2.12. The Balaban J connectivity index is 2.43. The van der Waals surface area contributed by atoms with Gasteiger partial charge in [-0.25, -0.2) is 4.98 Å². The van der Waals surface area contributed by atoms with Crippen molar-refractivity contribution in [2.24, 2.45) is 0 Å². The van der Waals surface area contributed by atoms with E-state index in [0.29, 0.717) is 22.9 Å². The summed E-state index contributed by atoms with van der Waals surface area (Å²) in [6, 6.07) is 13.1. The van der Waals surface area contributed by atoms with Gasteiger partial charge < -0.3 is 10.5 Å². The minimum absolute atomic E-state index is 0.309. The van der Waals surface area contributed by atoms with Gasteiger partial charge in [-0.05, 0) is 30.3 Å². The van der Waals surface area contributed by atoms with Crippen molar-refractivity contribution in [3.63, 3.8) is 0 Å². The van der Waals surface area contributed by atoms with Crippen molar-refractivity contribution in [2.75, 3.05) is 12.8 Å². The Morgan fingerprint density at radius 3 is 2.86 bits per heavy atom. The molecule has 0 spiro atoms. The molecule has 0 aliphatic rings. The van der Waals surface area contributed by atoms with Gasteiger partial charge in [0.1, 0.15) is 17.5 Å². The van der Waals surface area contributed by atoms with Crippen molar-refractivity contribution in [2.45, 2.75) is 0 Å². The highest BCUT2D eigenvalue weighted by Gasteiger charge is 2.17. The van der Waals surface area contributed by atoms with Crippen LogP contribution in [0.25, 0.3) is 16.7 Å². The smallest absolute Gasteiger partial charge is 0.206 e. The van der Waals surface area contributed by atoms with E-state index >= 15 is 0 Å². The van der Waals surface area contributed by atoms with Gasteiger partial charge in [-0.15, -0.1) is 0 Å². The van der Waals surface area contributed by atoms with Crippen molar-refractivity contribution >= 4 is 32.9 Å². The summed E-state index contributed by atoms with van der Waals surface area (Å²) in [4.78, 5) is 4.34. The van der Waals surface area contributed by atoms with Gasteiger partial charge in [-0.1, -0.05) is 22.0 Å². The summed E-state index contributed by atoms with van der Waals surface area (Å²) in [5, 5.41) is 9.37. The van der Waals surface area contributed by atoms with Crippen LogP contribution in [0, 0.1) is 11.3 Å². The summed E-state index contributed by atoms with van der Waals surface area (Å²) in [7, 11) is 1.56. The first-order valence-electron chi connectivity index (χ1n) is 6.16. The molecule has 0 radical (unpaired) electrons. The molecule has 0 saturated heterocycles. The van der Waals surface area contributed by atoms with Crippen LogP contribution in [0.1, 0.15) is 5.56 Å². The molecule has 2 N–H and O–H groups in total. The molecular formula is C15H11BrN4O. The van der Waals surface area contributed by atoms with Crippen LogP contribution in [-0.4, -0.2) is 16.7 Å². The van der Waals surface area contributed by atoms with Gasteiger partial charge in [0.05, 0.1) is 23.7 Å². The molecule has 104 valence electrons. The maximum atomic E-state index is 9.37. The molecule has 6 heteroatoms. The second-order valence-corrected chi connectivity index (χ2v) is 5.32. The molecular weight excluding hydrogens is 332 g/mol. The Bertz CT molecular complexity index is 879. The fraction of sp³-hybridized carbons (Fsp3) is 0.0667. The number of rotatable bonds is 2. The average molecular weight is 343 g/mol. The van der Waals surface area contributed by atoms with Crippen LogP contribution in [0.15, 0.2) is 40.9 Å². The molecule has 1 aromatic heterocycles. The number of para-hydroxylation sites is 1. The Labute approximate surface area is 129 Å². The topological polar surface area (TPSA) is 76.9 Å². The molecule has 21 heavy (non-hydrogen) atoms. The van der Waals surface area contributed by atoms with Gasteiger partial charge in [0, 0.05) is 4.47 Å². The van der Waals surface area contributed by atoms with Crippen LogP contribution >= 0.6 is 15.9 Å². The zero-order valence-electron chi connectivity index (χ0n) is 11.2. The third-order valence-corrected chi connectivity index (χ3v) is 3.70. The van der Waals surface area contributed by atoms with Crippen LogP contribution in [0.4, 0.5) is 5.95 Å². The summed E-state index contributed by atoms with van der Waals surface area (Å²) in [5.41, 5.74) is 8.69. The van der Waals surface area contributed by atoms with E-state index in [1.165, 1.54) is 0 Å². The molecule has 3 rings (SSSR count). The molecule has 0 aliphatic carbocycles. The van der Waals surface area contributed by atoms with E-state index in [1.54, 1.807) is 29.9 Å². The van der Waals surface area contributed by atoms with Gasteiger partial charge in [0.15, 0.2) is 0 Å². The third-order valence-electron chi connectivity index (χ3n) is 3.21. The maximum Gasteiger partial charge on any atom is 0.206 e. The first-order chi connectivity index (χ1) is 10.2. The molecule has 0 fully saturated rings. The van der Waals surface area contributed by atoms with E-state index in [-0.39, 0.29) is 0 Å². The van der Waals surface area contributed by atoms with E-state index in [4.69, 9.17) is 10.5 Å². The quantitative estimate of drug-likeness (QED) is 0.775. The molecule has 3 aromatic rings. The molecule has 0 amide bonds. The molecule has 0 unspecified atom stereocenters. The van der Waals surface area contributed by atoms with E-state index < -0.39 is 0 Å². The van der Waals surface area contributed by atoms with E-state index in [2.05, 4.69) is 27.0 Å². The van der Waals surface area contributed by atoms with Gasteiger partial charge in [-0.2, -0.15) is 5.26 Å². The van der Waals surface area contributed by atoms with Crippen LogP contribution in [0.3, 0.4) is 0 Å². The Kier molecular flexibility index (Phi) is 3.28. The summed E-state index contributed by atoms with van der Waals surface area (Å²) in [6.07, 6.45) is 0. The first kappa shape index (κ1) is 13.5. The number of imidazole rings is 1. The summed E-state index contributed by atoms with van der Waals surface area (Å²) in [5.74, 6) is 0.879. The minimum atomic E-state index is 0.309. The summed E-state index contributed by atoms with van der Waals surface area (Å²) >= 11 is 3.44. The number of nitrogen functional groups attached to an aromatic ring is 1. The number of fused-ring (bicyclic) bond motifs is 1. The number of nitriles is 1. The second kappa shape index (κ2) is 5.11. The lowest BCUT2D eigenvalue weighted by molar-refractivity contribution is 0.413. The second-order valence-electron chi connectivity index (χ2n) is 4.41. The van der Waals surface area contributed by atoms with Crippen molar-refractivity contribution in [1.82, 2.24) is 9.55 Å². The monoisotopic (exact) mass is 342 g/mol. The highest BCUT2D eigenvalue weighted by molar-refractivity contribution is 9.10. The van der Waals surface area contributed by atoms with Crippen molar-refractivity contribution in [3.05, 3.63) is 46.4 Å². The number of hydrogen-bond donors (Lipinski definition) is 1. The first-order valence-corrected chi connectivity index (χ1v) is 6.96. The predicted molar refractivity (Wildman–Crippen MR) is 84.4 cm³/mol. The molecule has 0 saturated carbocycles. The van der Waals surface area contributed by atoms with E-state index in [1.807, 2.05) is 18.2 Å². The van der Waals surface area contributed by atoms with Crippen molar-refractivity contribution < 1.29 is 4.74 Å². The highest BCUT2D eigenvalue weighted by atomic mass is 79.9.